The molecule has 1 saturated heterocycles. The molecule has 1 atom stereocenters. The average Bonchev–Trinajstić information content (AvgIpc) is 3.20. The maximum Gasteiger partial charge on any atom is 0.191 e. The zero-order valence-corrected chi connectivity index (χ0v) is 22.0. The number of nitrogens with zero attached hydrogens (tertiary/aromatic N) is 6. The second-order valence-electron chi connectivity index (χ2n) is 7.83. The minimum atomic E-state index is 0. The van der Waals surface area contributed by atoms with Crippen molar-refractivity contribution in [1.82, 2.24) is 35.3 Å². The lowest BCUT2D eigenvalue weighted by molar-refractivity contribution is 0.00272. The molecule has 3 N–H and O–H groups in total. The lowest BCUT2D eigenvalue weighted by atomic mass is 9.92. The average molecular weight is 560 g/mol. The third-order valence-corrected chi connectivity index (χ3v) is 6.05. The Morgan fingerprint density at radius 2 is 1.91 bits per heavy atom. The number of hydrogen-bond acceptors (Lipinski definition) is 7. The highest BCUT2D eigenvalue weighted by molar-refractivity contribution is 14.0. The predicted octanol–water partition coefficient (Wildman–Crippen LogP) is 1.70. The first-order chi connectivity index (χ1) is 15.2. The van der Waals surface area contributed by atoms with Gasteiger partial charge in [-0.2, -0.15) is 5.10 Å². The summed E-state index contributed by atoms with van der Waals surface area (Å²) in [6, 6.07) is 0.482. The molecule has 0 aromatic carbocycles. The number of nitrogens with one attached hydrogen (secondary N) is 3. The van der Waals surface area contributed by atoms with Gasteiger partial charge in [0.1, 0.15) is 12.1 Å². The molecule has 0 radical (unpaired) electrons. The lowest BCUT2D eigenvalue weighted by Gasteiger charge is -2.39. The maximum absolute atomic E-state index is 5.55. The molecule has 2 aromatic heterocycles. The molecule has 32 heavy (non-hydrogen) atoms. The molecule has 1 aliphatic rings. The SMILES string of the molecule is CCC(CC)C(CNC(=NC)NCCNc1ncnc2c1cnn2C)N1CCOCC1.I. The molecule has 10 nitrogen and oxygen atoms in total. The Labute approximate surface area is 208 Å². The summed E-state index contributed by atoms with van der Waals surface area (Å²) >= 11 is 0. The molecule has 1 unspecified atom stereocenters. The number of hydrogen-bond donors (Lipinski definition) is 3. The molecule has 0 amide bonds. The van der Waals surface area contributed by atoms with Crippen LogP contribution in [0.4, 0.5) is 5.82 Å². The van der Waals surface area contributed by atoms with E-state index in [9.17, 15) is 0 Å². The highest BCUT2D eigenvalue weighted by Crippen LogP contribution is 2.20. The highest BCUT2D eigenvalue weighted by Gasteiger charge is 2.27. The van der Waals surface area contributed by atoms with Crippen LogP contribution in [0.25, 0.3) is 11.0 Å². The van der Waals surface area contributed by atoms with E-state index in [1.54, 1.807) is 17.2 Å². The number of halogens is 1. The van der Waals surface area contributed by atoms with E-state index < -0.39 is 0 Å². The zero-order chi connectivity index (χ0) is 22.1. The van der Waals surface area contributed by atoms with Crippen molar-refractivity contribution in [2.45, 2.75) is 32.7 Å². The number of aromatic nitrogens is 4. The van der Waals surface area contributed by atoms with Crippen LogP contribution in [0.1, 0.15) is 26.7 Å². The molecule has 0 aliphatic carbocycles. The number of aryl methyl sites for hydroxylation is 1. The van der Waals surface area contributed by atoms with Gasteiger partial charge in [-0.1, -0.05) is 26.7 Å². The monoisotopic (exact) mass is 559 g/mol. The summed E-state index contributed by atoms with van der Waals surface area (Å²) in [4.78, 5) is 15.6. The first-order valence-corrected chi connectivity index (χ1v) is 11.3. The minimum absolute atomic E-state index is 0. The number of rotatable bonds is 10. The van der Waals surface area contributed by atoms with Gasteiger partial charge in [-0.3, -0.25) is 14.6 Å². The molecular formula is C21H38IN9O. The van der Waals surface area contributed by atoms with Crippen LogP contribution < -0.4 is 16.0 Å². The molecule has 180 valence electrons. The van der Waals surface area contributed by atoms with E-state index in [0.29, 0.717) is 18.5 Å². The van der Waals surface area contributed by atoms with E-state index in [0.717, 1.165) is 62.2 Å². The molecule has 2 aromatic rings. The third-order valence-electron chi connectivity index (χ3n) is 6.05. The molecule has 0 bridgehead atoms. The van der Waals surface area contributed by atoms with Gasteiger partial charge in [-0.25, -0.2) is 9.97 Å². The molecule has 3 rings (SSSR count). The smallest absolute Gasteiger partial charge is 0.191 e. The van der Waals surface area contributed by atoms with Crippen molar-refractivity contribution in [2.24, 2.45) is 18.0 Å². The Hall–Kier alpha value is -1.73. The summed E-state index contributed by atoms with van der Waals surface area (Å²) in [7, 11) is 3.69. The van der Waals surface area contributed by atoms with E-state index in [1.165, 1.54) is 12.8 Å². The fourth-order valence-corrected chi connectivity index (χ4v) is 4.22. The number of anilines is 1. The van der Waals surface area contributed by atoms with Gasteiger partial charge in [-0.15, -0.1) is 24.0 Å². The van der Waals surface area contributed by atoms with Crippen molar-refractivity contribution in [3.05, 3.63) is 12.5 Å². The lowest BCUT2D eigenvalue weighted by Crippen LogP contribution is -2.53. The van der Waals surface area contributed by atoms with Crippen LogP contribution in [0.2, 0.25) is 0 Å². The standard InChI is InChI=1S/C21H37N9O.HI/c1-5-16(6-2)18(30-9-11-31-12-10-30)14-25-21(22-3)24-8-7-23-19-17-13-28-29(4)20(17)27-15-26-19;/h13,15-16,18H,5-12,14H2,1-4H3,(H2,22,24,25)(H,23,26,27);1H. The van der Waals surface area contributed by atoms with Crippen molar-refractivity contribution >= 4 is 46.8 Å². The molecule has 3 heterocycles. The zero-order valence-electron chi connectivity index (χ0n) is 19.7. The molecular weight excluding hydrogens is 521 g/mol. The Bertz CT molecular complexity index is 834. The summed E-state index contributed by atoms with van der Waals surface area (Å²) in [5.41, 5.74) is 0.818. The maximum atomic E-state index is 5.55. The largest absolute Gasteiger partial charge is 0.379 e. The molecule has 1 aliphatic heterocycles. The molecule has 0 spiro atoms. The van der Waals surface area contributed by atoms with E-state index in [-0.39, 0.29) is 24.0 Å². The van der Waals surface area contributed by atoms with Gasteiger partial charge >= 0.3 is 0 Å². The summed E-state index contributed by atoms with van der Waals surface area (Å²) < 4.78 is 7.30. The number of aliphatic imine (C=N–C) groups is 1. The normalized spacial score (nSPS) is 16.1. The summed E-state index contributed by atoms with van der Waals surface area (Å²) in [6.45, 7) is 10.5. The van der Waals surface area contributed by atoms with Gasteiger partial charge in [0, 0.05) is 52.9 Å². The number of morpholine rings is 1. The predicted molar refractivity (Wildman–Crippen MR) is 140 cm³/mol. The Morgan fingerprint density at radius 1 is 1.16 bits per heavy atom. The van der Waals surface area contributed by atoms with E-state index in [4.69, 9.17) is 4.74 Å². The van der Waals surface area contributed by atoms with Gasteiger partial charge in [0.2, 0.25) is 0 Å². The summed E-state index contributed by atoms with van der Waals surface area (Å²) in [6.07, 6.45) is 5.70. The summed E-state index contributed by atoms with van der Waals surface area (Å²) in [5, 5.41) is 15.5. The molecule has 0 saturated carbocycles. The van der Waals surface area contributed by atoms with Crippen molar-refractivity contribution in [2.75, 3.05) is 58.3 Å². The van der Waals surface area contributed by atoms with Crippen LogP contribution in [0, 0.1) is 5.92 Å². The molecule has 11 heteroatoms. The van der Waals surface area contributed by atoms with Crippen LogP contribution in [-0.2, 0) is 11.8 Å². The van der Waals surface area contributed by atoms with Crippen molar-refractivity contribution < 1.29 is 4.74 Å². The minimum Gasteiger partial charge on any atom is -0.379 e. The fraction of sp³-hybridized carbons (Fsp3) is 0.714. The van der Waals surface area contributed by atoms with Crippen molar-refractivity contribution in [3.63, 3.8) is 0 Å². The van der Waals surface area contributed by atoms with Crippen molar-refractivity contribution in [1.29, 1.82) is 0 Å². The van der Waals surface area contributed by atoms with Crippen LogP contribution in [0.5, 0.6) is 0 Å². The summed E-state index contributed by atoms with van der Waals surface area (Å²) in [5.74, 6) is 2.27. The quantitative estimate of drug-likeness (QED) is 0.175. The van der Waals surface area contributed by atoms with Crippen LogP contribution in [0.3, 0.4) is 0 Å². The first kappa shape index (κ1) is 26.5. The topological polar surface area (TPSA) is 105 Å². The van der Waals surface area contributed by atoms with Crippen LogP contribution in [0.15, 0.2) is 17.5 Å². The Morgan fingerprint density at radius 3 is 2.59 bits per heavy atom. The van der Waals surface area contributed by atoms with Gasteiger partial charge in [-0.05, 0) is 5.92 Å². The third kappa shape index (κ3) is 6.88. The van der Waals surface area contributed by atoms with E-state index in [1.807, 2.05) is 14.1 Å². The number of guanidine groups is 1. The van der Waals surface area contributed by atoms with Gasteiger partial charge in [0.15, 0.2) is 11.6 Å². The van der Waals surface area contributed by atoms with Gasteiger partial charge < -0.3 is 20.7 Å². The second kappa shape index (κ2) is 13.7. The van der Waals surface area contributed by atoms with Gasteiger partial charge in [0.25, 0.3) is 0 Å². The van der Waals surface area contributed by atoms with Gasteiger partial charge in [0.05, 0.1) is 24.8 Å². The molecule has 1 fully saturated rings. The van der Waals surface area contributed by atoms with E-state index >= 15 is 0 Å². The van der Waals surface area contributed by atoms with Crippen LogP contribution in [-0.4, -0.2) is 89.6 Å². The van der Waals surface area contributed by atoms with Crippen molar-refractivity contribution in [3.8, 4) is 0 Å². The second-order valence-corrected chi connectivity index (χ2v) is 7.83. The first-order valence-electron chi connectivity index (χ1n) is 11.3. The highest BCUT2D eigenvalue weighted by atomic mass is 127. The number of ether oxygens (including phenoxy) is 1. The number of fused-ring (bicyclic) bond motifs is 1. The van der Waals surface area contributed by atoms with Crippen LogP contribution >= 0.6 is 24.0 Å². The van der Waals surface area contributed by atoms with E-state index in [2.05, 4.69) is 54.8 Å². The Balaban J connectivity index is 0.00000363. The fourth-order valence-electron chi connectivity index (χ4n) is 4.22. The Kier molecular flexibility index (Phi) is 11.4.